The molecule has 0 radical (unpaired) electrons. The van der Waals surface area contributed by atoms with Crippen LogP contribution in [0.15, 0.2) is 90.1 Å². The van der Waals surface area contributed by atoms with E-state index < -0.39 is 36.4 Å². The van der Waals surface area contributed by atoms with Gasteiger partial charge in [-0.1, -0.05) is 78.1 Å². The van der Waals surface area contributed by atoms with Crippen LogP contribution in [0.4, 0.5) is 5.13 Å². The Hall–Kier alpha value is -4.65. The second kappa shape index (κ2) is 11.9. The summed E-state index contributed by atoms with van der Waals surface area (Å²) < 4.78 is 12.5. The van der Waals surface area contributed by atoms with Gasteiger partial charge < -0.3 is 20.1 Å². The van der Waals surface area contributed by atoms with Crippen molar-refractivity contribution in [2.24, 2.45) is 0 Å². The van der Waals surface area contributed by atoms with E-state index in [-0.39, 0.29) is 28.2 Å². The number of amides is 3. The number of benzene rings is 2. The smallest absolute Gasteiger partial charge is 0.356 e. The Labute approximate surface area is 255 Å². The average molecular weight is 615 g/mol. The topological polar surface area (TPSA) is 127 Å². The zero-order chi connectivity index (χ0) is 30.1. The van der Waals surface area contributed by atoms with Crippen molar-refractivity contribution in [3.05, 3.63) is 111 Å². The van der Waals surface area contributed by atoms with Crippen molar-refractivity contribution in [3.8, 4) is 0 Å². The quantitative estimate of drug-likeness (QED) is 0.219. The average Bonchev–Trinajstić information content (AvgIpc) is 3.68. The van der Waals surface area contributed by atoms with Crippen LogP contribution in [-0.2, 0) is 28.7 Å². The van der Waals surface area contributed by atoms with Gasteiger partial charge in [-0.25, -0.2) is 9.78 Å². The molecule has 218 valence electrons. The van der Waals surface area contributed by atoms with Crippen molar-refractivity contribution in [1.82, 2.24) is 15.2 Å². The summed E-state index contributed by atoms with van der Waals surface area (Å²) in [6.45, 7) is 2.69. The van der Waals surface area contributed by atoms with E-state index in [1.54, 1.807) is 0 Å². The van der Waals surface area contributed by atoms with Gasteiger partial charge in [-0.3, -0.25) is 19.3 Å². The third-order valence-corrected chi connectivity index (χ3v) is 8.84. The lowest BCUT2D eigenvalue weighted by Crippen LogP contribution is -2.65. The fraction of sp³-hybridized carbons (Fsp3) is 0.194. The Morgan fingerprint density at radius 3 is 2.21 bits per heavy atom. The number of nitrogens with one attached hydrogen (secondary N) is 2. The van der Waals surface area contributed by atoms with Gasteiger partial charge in [0.05, 0.1) is 10.5 Å². The maximum absolute atomic E-state index is 14.4. The first-order valence-corrected chi connectivity index (χ1v) is 15.1. The molecule has 3 unspecified atom stereocenters. The van der Waals surface area contributed by atoms with E-state index in [4.69, 9.17) is 9.47 Å². The van der Waals surface area contributed by atoms with Crippen molar-refractivity contribution in [1.29, 1.82) is 0 Å². The summed E-state index contributed by atoms with van der Waals surface area (Å²) in [7, 11) is 0. The molecule has 2 aromatic carbocycles. The lowest BCUT2D eigenvalue weighted by Gasteiger charge is -2.51. The molecule has 2 aromatic heterocycles. The molecule has 1 saturated heterocycles. The molecule has 10 nitrogen and oxygen atoms in total. The predicted octanol–water partition coefficient (Wildman–Crippen LogP) is 4.65. The van der Waals surface area contributed by atoms with E-state index in [2.05, 4.69) is 15.6 Å². The molecule has 2 N–H and O–H groups in total. The number of thiazole rings is 1. The van der Waals surface area contributed by atoms with Crippen molar-refractivity contribution < 1.29 is 28.7 Å². The minimum atomic E-state index is -1.10. The van der Waals surface area contributed by atoms with Crippen LogP contribution in [0.5, 0.6) is 0 Å². The van der Waals surface area contributed by atoms with Crippen LogP contribution in [0.3, 0.4) is 0 Å². The van der Waals surface area contributed by atoms with Gasteiger partial charge in [0.15, 0.2) is 23.7 Å². The molecule has 12 heteroatoms. The largest absolute Gasteiger partial charge is 0.448 e. The molecule has 2 aliphatic heterocycles. The van der Waals surface area contributed by atoms with Crippen molar-refractivity contribution in [2.75, 3.05) is 5.32 Å². The van der Waals surface area contributed by atoms with Gasteiger partial charge in [0.1, 0.15) is 11.6 Å². The van der Waals surface area contributed by atoms with E-state index in [0.717, 1.165) is 27.3 Å². The number of aromatic nitrogens is 1. The monoisotopic (exact) mass is 614 g/mol. The highest BCUT2D eigenvalue weighted by atomic mass is 32.1. The number of anilines is 1. The number of fused-ring (bicyclic) bond motifs is 1. The third-order valence-electron chi connectivity index (χ3n) is 6.94. The minimum absolute atomic E-state index is 0.0531. The van der Waals surface area contributed by atoms with Crippen molar-refractivity contribution in [3.63, 3.8) is 0 Å². The minimum Gasteiger partial charge on any atom is -0.448 e. The van der Waals surface area contributed by atoms with E-state index in [1.165, 1.54) is 36.3 Å². The summed E-state index contributed by atoms with van der Waals surface area (Å²) >= 11 is 2.49. The zero-order valence-corrected chi connectivity index (χ0v) is 24.7. The number of nitrogens with zero attached hydrogens (tertiary/aromatic N) is 2. The molecule has 0 aliphatic carbocycles. The molecule has 4 aromatic rings. The summed E-state index contributed by atoms with van der Waals surface area (Å²) in [5.41, 5.74) is 1.64. The molecule has 0 spiro atoms. The number of β-lactam (4-membered cyclic amide) rings is 1. The fourth-order valence-corrected chi connectivity index (χ4v) is 6.89. The molecular weight excluding hydrogens is 588 g/mol. The molecule has 6 rings (SSSR count). The van der Waals surface area contributed by atoms with Crippen LogP contribution in [0, 0.1) is 0 Å². The summed E-state index contributed by atoms with van der Waals surface area (Å²) in [5, 5.41) is 7.55. The molecule has 43 heavy (non-hydrogen) atoms. The van der Waals surface area contributed by atoms with Crippen LogP contribution in [0.1, 0.15) is 46.8 Å². The molecule has 3 atom stereocenters. The molecule has 1 fully saturated rings. The van der Waals surface area contributed by atoms with Gasteiger partial charge >= 0.3 is 5.97 Å². The first-order chi connectivity index (χ1) is 20.8. The number of hydrogen-bond donors (Lipinski definition) is 2. The standard InChI is InChI=1S/C31H26N4O6S2/c1-17(36)33-27-23(22-16-32-31(43-22)34-18(2)37)25(35-28(38)24(29(35)41-27)21-14-9-15-42-21)30(39)40-26(19-10-5-3-6-11-19)20-12-7-4-8-13-20/h3-16,24,26-27,29H,1-2H3,(H,33,36)(H,32,34,37). The normalized spacial score (nSPS) is 19.5. The van der Waals surface area contributed by atoms with Gasteiger partial charge in [-0.15, -0.1) is 11.3 Å². The summed E-state index contributed by atoms with van der Waals surface area (Å²) in [4.78, 5) is 58.9. The molecule has 2 aliphatic rings. The first kappa shape index (κ1) is 28.5. The second-order valence-corrected chi connectivity index (χ2v) is 11.9. The van der Waals surface area contributed by atoms with E-state index in [9.17, 15) is 19.2 Å². The summed E-state index contributed by atoms with van der Waals surface area (Å²) in [6.07, 6.45) is -1.28. The number of rotatable bonds is 8. The van der Waals surface area contributed by atoms with Crippen LogP contribution in [0.2, 0.25) is 0 Å². The van der Waals surface area contributed by atoms with Crippen LogP contribution in [-0.4, -0.2) is 46.0 Å². The number of carbonyl (C=O) groups excluding carboxylic acids is 4. The van der Waals surface area contributed by atoms with E-state index in [0.29, 0.717) is 4.88 Å². The van der Waals surface area contributed by atoms with Gasteiger partial charge in [-0.2, -0.15) is 0 Å². The highest BCUT2D eigenvalue weighted by Gasteiger charge is 2.58. The zero-order valence-electron chi connectivity index (χ0n) is 23.1. The van der Waals surface area contributed by atoms with Crippen LogP contribution >= 0.6 is 22.7 Å². The summed E-state index contributed by atoms with van der Waals surface area (Å²) in [6, 6.07) is 22.3. The van der Waals surface area contributed by atoms with Crippen molar-refractivity contribution in [2.45, 2.75) is 38.3 Å². The van der Waals surface area contributed by atoms with Crippen LogP contribution < -0.4 is 10.6 Å². The number of hydrogen-bond acceptors (Lipinski definition) is 9. The highest BCUT2D eigenvalue weighted by Crippen LogP contribution is 2.48. The van der Waals surface area contributed by atoms with Crippen LogP contribution in [0.25, 0.3) is 5.57 Å². The van der Waals surface area contributed by atoms with Gasteiger partial charge in [0.2, 0.25) is 17.7 Å². The van der Waals surface area contributed by atoms with E-state index in [1.807, 2.05) is 78.2 Å². The van der Waals surface area contributed by atoms with Gasteiger partial charge in [0, 0.05) is 24.9 Å². The SMILES string of the molecule is CC(=O)Nc1ncc(C2=C(C(=O)OC(c3ccccc3)c3ccccc3)N3C(=O)C(c4cccs4)C3OC2NC(C)=O)s1. The molecule has 0 saturated carbocycles. The predicted molar refractivity (Wildman–Crippen MR) is 161 cm³/mol. The number of ether oxygens (including phenoxy) is 2. The fourth-order valence-electron chi connectivity index (χ4n) is 5.13. The maximum Gasteiger partial charge on any atom is 0.356 e. The lowest BCUT2D eigenvalue weighted by atomic mass is 9.89. The van der Waals surface area contributed by atoms with Gasteiger partial charge in [-0.05, 0) is 22.6 Å². The Kier molecular flexibility index (Phi) is 7.89. The molecule has 0 bridgehead atoms. The van der Waals surface area contributed by atoms with Crippen molar-refractivity contribution >= 4 is 57.1 Å². The molecule has 3 amide bonds. The lowest BCUT2D eigenvalue weighted by molar-refractivity contribution is -0.191. The number of esters is 1. The Balaban J connectivity index is 1.48. The second-order valence-electron chi connectivity index (χ2n) is 9.89. The Bertz CT molecular complexity index is 1660. The number of thiophene rings is 1. The number of carbonyl (C=O) groups is 4. The summed E-state index contributed by atoms with van der Waals surface area (Å²) in [5.74, 6) is -2.49. The Morgan fingerprint density at radius 1 is 0.953 bits per heavy atom. The third kappa shape index (κ3) is 5.59. The Morgan fingerprint density at radius 2 is 1.63 bits per heavy atom. The van der Waals surface area contributed by atoms with E-state index >= 15 is 0 Å². The molecule has 4 heterocycles. The highest BCUT2D eigenvalue weighted by molar-refractivity contribution is 7.16. The maximum atomic E-state index is 14.4. The first-order valence-electron chi connectivity index (χ1n) is 13.4. The molecular formula is C31H26N4O6S2. The van der Waals surface area contributed by atoms with Gasteiger partial charge in [0.25, 0.3) is 0 Å².